The smallest absolute Gasteiger partial charge is 0.0716 e. The van der Waals surface area contributed by atoms with Crippen molar-refractivity contribution in [2.75, 3.05) is 13.1 Å². The molecule has 0 amide bonds. The van der Waals surface area contributed by atoms with Crippen molar-refractivity contribution in [1.82, 2.24) is 5.32 Å². The van der Waals surface area contributed by atoms with Gasteiger partial charge in [-0.25, -0.2) is 0 Å². The quantitative estimate of drug-likeness (QED) is 0.796. The van der Waals surface area contributed by atoms with Crippen LogP contribution >= 0.6 is 0 Å². The maximum Gasteiger partial charge on any atom is 0.0716 e. The van der Waals surface area contributed by atoms with Crippen molar-refractivity contribution in [2.24, 2.45) is 11.8 Å². The van der Waals surface area contributed by atoms with E-state index >= 15 is 0 Å². The van der Waals surface area contributed by atoms with Crippen LogP contribution in [-0.4, -0.2) is 35.0 Å². The summed E-state index contributed by atoms with van der Waals surface area (Å²) >= 11 is 0. The molecule has 0 spiro atoms. The first-order valence-electron chi connectivity index (χ1n) is 7.28. The molecule has 3 heteroatoms. The van der Waals surface area contributed by atoms with Crippen LogP contribution in [0.3, 0.4) is 0 Å². The zero-order valence-electron chi connectivity index (χ0n) is 12.5. The Morgan fingerprint density at radius 1 is 1.28 bits per heavy atom. The van der Waals surface area contributed by atoms with E-state index in [1.165, 1.54) is 0 Å². The fourth-order valence-corrected chi connectivity index (χ4v) is 4.11. The molecule has 0 aromatic carbocycles. The van der Waals surface area contributed by atoms with Crippen LogP contribution < -0.4 is 5.32 Å². The van der Waals surface area contributed by atoms with Crippen molar-refractivity contribution in [3.05, 3.63) is 0 Å². The molecule has 0 aromatic heterocycles. The van der Waals surface area contributed by atoms with Crippen LogP contribution in [0.15, 0.2) is 0 Å². The Bertz CT molecular complexity index is 304. The van der Waals surface area contributed by atoms with Crippen LogP contribution in [0.1, 0.15) is 53.9 Å². The van der Waals surface area contributed by atoms with Gasteiger partial charge < -0.3 is 15.2 Å². The van der Waals surface area contributed by atoms with Crippen molar-refractivity contribution in [1.29, 1.82) is 0 Å². The van der Waals surface area contributed by atoms with Gasteiger partial charge in [0, 0.05) is 18.4 Å². The summed E-state index contributed by atoms with van der Waals surface area (Å²) in [4.78, 5) is 0. The molecule has 2 fully saturated rings. The molecule has 0 radical (unpaired) electrons. The fraction of sp³-hybridized carbons (Fsp3) is 1.00. The largest absolute Gasteiger partial charge is 0.389 e. The second kappa shape index (κ2) is 4.46. The summed E-state index contributed by atoms with van der Waals surface area (Å²) in [6.45, 7) is 12.5. The molecule has 0 aromatic rings. The third-order valence-electron chi connectivity index (χ3n) is 4.90. The molecular formula is C15H29NO2. The molecule has 3 nitrogen and oxygen atoms in total. The molecule has 3 unspecified atom stereocenters. The molecule has 3 atom stereocenters. The Morgan fingerprint density at radius 2 is 1.94 bits per heavy atom. The lowest BCUT2D eigenvalue weighted by molar-refractivity contribution is -0.128. The van der Waals surface area contributed by atoms with E-state index in [4.69, 9.17) is 4.74 Å². The Morgan fingerprint density at radius 3 is 2.39 bits per heavy atom. The molecule has 0 bridgehead atoms. The first kappa shape index (κ1) is 14.3. The second-order valence-electron chi connectivity index (χ2n) is 7.49. The summed E-state index contributed by atoms with van der Waals surface area (Å²) in [5.74, 6) is 0.540. The molecule has 2 N–H and O–H groups in total. The predicted octanol–water partition coefficient (Wildman–Crippen LogP) is 2.33. The van der Waals surface area contributed by atoms with Crippen molar-refractivity contribution in [3.63, 3.8) is 0 Å². The summed E-state index contributed by atoms with van der Waals surface area (Å²) in [7, 11) is 0. The van der Waals surface area contributed by atoms with Gasteiger partial charge in [0.2, 0.25) is 0 Å². The third kappa shape index (κ3) is 2.59. The Hall–Kier alpha value is -0.120. The zero-order chi connectivity index (χ0) is 13.6. The van der Waals surface area contributed by atoms with E-state index in [1.54, 1.807) is 0 Å². The predicted molar refractivity (Wildman–Crippen MR) is 73.6 cm³/mol. The number of rotatable bonds is 2. The summed E-state index contributed by atoms with van der Waals surface area (Å²) in [6, 6.07) is 0. The number of aliphatic hydroxyl groups is 1. The summed E-state index contributed by atoms with van der Waals surface area (Å²) in [5, 5.41) is 14.5. The lowest BCUT2D eigenvalue weighted by atomic mass is 9.68. The minimum atomic E-state index is -0.648. The van der Waals surface area contributed by atoms with Gasteiger partial charge in [-0.05, 0) is 60.4 Å². The van der Waals surface area contributed by atoms with Crippen molar-refractivity contribution < 1.29 is 9.84 Å². The SMILES string of the molecule is CC1(C)CC(C(C)(O)C2CCCNC2)C(C)(C)O1. The number of hydrogen-bond donors (Lipinski definition) is 2. The van der Waals surface area contributed by atoms with E-state index in [1.807, 2.05) is 6.92 Å². The van der Waals surface area contributed by atoms with Gasteiger partial charge >= 0.3 is 0 Å². The zero-order valence-corrected chi connectivity index (χ0v) is 12.5. The standard InChI is InChI=1S/C15H29NO2/c1-13(2)9-12(14(3,4)18-13)15(5,17)11-7-6-8-16-10-11/h11-12,16-17H,6-10H2,1-5H3. The van der Waals surface area contributed by atoms with E-state index in [2.05, 4.69) is 33.0 Å². The molecule has 18 heavy (non-hydrogen) atoms. The molecule has 106 valence electrons. The molecule has 2 aliphatic rings. The first-order valence-corrected chi connectivity index (χ1v) is 7.28. The fourth-order valence-electron chi connectivity index (χ4n) is 4.11. The van der Waals surface area contributed by atoms with Gasteiger partial charge in [-0.2, -0.15) is 0 Å². The summed E-state index contributed by atoms with van der Waals surface area (Å²) < 4.78 is 6.15. The van der Waals surface area contributed by atoms with Crippen LogP contribution in [0, 0.1) is 11.8 Å². The third-order valence-corrected chi connectivity index (χ3v) is 4.90. The number of piperidine rings is 1. The number of nitrogens with one attached hydrogen (secondary N) is 1. The van der Waals surface area contributed by atoms with Gasteiger partial charge in [0.05, 0.1) is 16.8 Å². The van der Waals surface area contributed by atoms with E-state index in [0.717, 1.165) is 32.4 Å². The Balaban J connectivity index is 2.18. The topological polar surface area (TPSA) is 41.5 Å². The molecule has 2 saturated heterocycles. The van der Waals surface area contributed by atoms with Crippen LogP contribution in [0.25, 0.3) is 0 Å². The number of ether oxygens (including phenoxy) is 1. The molecule has 2 aliphatic heterocycles. The average molecular weight is 255 g/mol. The van der Waals surface area contributed by atoms with Gasteiger partial charge in [0.25, 0.3) is 0 Å². The van der Waals surface area contributed by atoms with Crippen LogP contribution in [0.2, 0.25) is 0 Å². The van der Waals surface area contributed by atoms with Crippen LogP contribution in [0.4, 0.5) is 0 Å². The lowest BCUT2D eigenvalue weighted by Crippen LogP contribution is -2.53. The highest BCUT2D eigenvalue weighted by molar-refractivity contribution is 5.05. The van der Waals surface area contributed by atoms with Crippen molar-refractivity contribution in [3.8, 4) is 0 Å². The van der Waals surface area contributed by atoms with Gasteiger partial charge in [-0.3, -0.25) is 0 Å². The van der Waals surface area contributed by atoms with Crippen molar-refractivity contribution >= 4 is 0 Å². The highest BCUT2D eigenvalue weighted by atomic mass is 16.5. The highest BCUT2D eigenvalue weighted by Gasteiger charge is 2.55. The van der Waals surface area contributed by atoms with Crippen molar-refractivity contribution in [2.45, 2.75) is 70.7 Å². The Kier molecular flexibility index (Phi) is 3.54. The number of hydrogen-bond acceptors (Lipinski definition) is 3. The van der Waals surface area contributed by atoms with Gasteiger partial charge in [-0.1, -0.05) is 0 Å². The first-order chi connectivity index (χ1) is 8.15. The van der Waals surface area contributed by atoms with E-state index < -0.39 is 5.60 Å². The monoisotopic (exact) mass is 255 g/mol. The lowest BCUT2D eigenvalue weighted by Gasteiger charge is -2.44. The maximum atomic E-state index is 11.1. The van der Waals surface area contributed by atoms with Gasteiger partial charge in [-0.15, -0.1) is 0 Å². The normalized spacial score (nSPS) is 38.3. The minimum absolute atomic E-state index is 0.125. The summed E-state index contributed by atoms with van der Waals surface area (Å²) in [5.41, 5.74) is -1.02. The minimum Gasteiger partial charge on any atom is -0.389 e. The van der Waals surface area contributed by atoms with Crippen LogP contribution in [-0.2, 0) is 4.74 Å². The molecule has 0 aliphatic carbocycles. The molecular weight excluding hydrogens is 226 g/mol. The summed E-state index contributed by atoms with van der Waals surface area (Å²) in [6.07, 6.45) is 3.22. The van der Waals surface area contributed by atoms with Gasteiger partial charge in [0.15, 0.2) is 0 Å². The molecule has 2 heterocycles. The van der Waals surface area contributed by atoms with E-state index in [0.29, 0.717) is 5.92 Å². The van der Waals surface area contributed by atoms with E-state index in [-0.39, 0.29) is 17.1 Å². The molecule has 0 saturated carbocycles. The highest BCUT2D eigenvalue weighted by Crippen LogP contribution is 2.49. The van der Waals surface area contributed by atoms with E-state index in [9.17, 15) is 5.11 Å². The van der Waals surface area contributed by atoms with Gasteiger partial charge in [0.1, 0.15) is 0 Å². The second-order valence-corrected chi connectivity index (χ2v) is 7.49. The maximum absolute atomic E-state index is 11.1. The van der Waals surface area contributed by atoms with Crippen LogP contribution in [0.5, 0.6) is 0 Å². The Labute approximate surface area is 111 Å². The molecule has 2 rings (SSSR count). The average Bonchev–Trinajstić information content (AvgIpc) is 2.48.